The van der Waals surface area contributed by atoms with Crippen LogP contribution in [0.5, 0.6) is 0 Å². The van der Waals surface area contributed by atoms with Crippen LogP contribution in [0.2, 0.25) is 0 Å². The van der Waals surface area contributed by atoms with Crippen LogP contribution in [0.4, 0.5) is 10.1 Å². The molecule has 3 aromatic rings. The lowest BCUT2D eigenvalue weighted by Crippen LogP contribution is -2.47. The molecule has 0 bridgehead atoms. The molecule has 3 atom stereocenters. The fourth-order valence-electron chi connectivity index (χ4n) is 8.06. The number of aromatic nitrogens is 1. The van der Waals surface area contributed by atoms with Crippen LogP contribution in [0.25, 0.3) is 29.6 Å². The van der Waals surface area contributed by atoms with Crippen LogP contribution in [-0.2, 0) is 6.54 Å². The summed E-state index contributed by atoms with van der Waals surface area (Å²) in [4.78, 5) is 8.20. The van der Waals surface area contributed by atoms with Gasteiger partial charge in [-0.15, -0.1) is 6.58 Å². The number of nitrogens with zero attached hydrogens (tertiary/aromatic N) is 2. The highest BCUT2D eigenvalue weighted by Crippen LogP contribution is 2.30. The largest absolute Gasteiger partial charge is 0.385 e. The molecule has 1 fully saturated rings. The van der Waals surface area contributed by atoms with Crippen molar-refractivity contribution in [1.29, 1.82) is 0 Å². The number of anilines is 1. The molecule has 1 saturated heterocycles. The predicted molar refractivity (Wildman–Crippen MR) is 253 cm³/mol. The molecule has 0 amide bonds. The van der Waals surface area contributed by atoms with Crippen molar-refractivity contribution in [2.75, 3.05) is 71.3 Å². The van der Waals surface area contributed by atoms with Crippen LogP contribution in [0.3, 0.4) is 0 Å². The van der Waals surface area contributed by atoms with E-state index in [9.17, 15) is 4.39 Å². The Kier molecular flexibility index (Phi) is 19.3. The number of rotatable bonds is 23. The Morgan fingerprint density at radius 3 is 2.46 bits per heavy atom. The molecule has 320 valence electrons. The Morgan fingerprint density at radius 1 is 1.02 bits per heavy atom. The summed E-state index contributed by atoms with van der Waals surface area (Å²) < 4.78 is 13.9. The van der Waals surface area contributed by atoms with Crippen LogP contribution >= 0.6 is 0 Å². The number of fused-ring (bicyclic) bond motifs is 1. The van der Waals surface area contributed by atoms with E-state index in [4.69, 9.17) is 0 Å². The summed E-state index contributed by atoms with van der Waals surface area (Å²) in [6.45, 7) is 40.7. The average Bonchev–Trinajstić information content (AvgIpc) is 3.69. The average molecular weight is 806 g/mol. The van der Waals surface area contributed by atoms with E-state index in [-0.39, 0.29) is 23.8 Å². The zero-order chi connectivity index (χ0) is 42.7. The molecule has 2 aromatic carbocycles. The van der Waals surface area contributed by atoms with Gasteiger partial charge in [-0.3, -0.25) is 9.80 Å². The first-order valence-electron chi connectivity index (χ1n) is 21.4. The molecular weight excluding hydrogens is 734 g/mol. The second-order valence-electron chi connectivity index (χ2n) is 15.6. The number of piperazine rings is 1. The van der Waals surface area contributed by atoms with Crippen molar-refractivity contribution in [1.82, 2.24) is 41.4 Å². The minimum absolute atomic E-state index is 0.0965. The lowest BCUT2D eigenvalue weighted by Gasteiger charge is -2.34. The number of unbranched alkanes of at least 4 members (excludes halogenated alkanes) is 1. The molecule has 0 saturated carbocycles. The highest BCUT2D eigenvalue weighted by Gasteiger charge is 2.29. The number of halogens is 1. The van der Waals surface area contributed by atoms with Gasteiger partial charge in [-0.05, 0) is 86.9 Å². The first-order chi connectivity index (χ1) is 28.5. The zero-order valence-corrected chi connectivity index (χ0v) is 36.4. The van der Waals surface area contributed by atoms with E-state index < -0.39 is 0 Å². The summed E-state index contributed by atoms with van der Waals surface area (Å²) in [5, 5.41) is 23.3. The number of benzene rings is 2. The lowest BCUT2D eigenvalue weighted by molar-refractivity contribution is 0.144. The van der Waals surface area contributed by atoms with Gasteiger partial charge >= 0.3 is 0 Å². The minimum atomic E-state index is -0.238. The van der Waals surface area contributed by atoms with E-state index in [2.05, 4.69) is 131 Å². The summed E-state index contributed by atoms with van der Waals surface area (Å²) >= 11 is 0. The molecule has 9 nitrogen and oxygen atoms in total. The van der Waals surface area contributed by atoms with Gasteiger partial charge in [0.25, 0.3) is 0 Å². The number of hydrogen-bond acceptors (Lipinski definition) is 8. The van der Waals surface area contributed by atoms with E-state index in [1.54, 1.807) is 18.3 Å². The van der Waals surface area contributed by atoms with Crippen LogP contribution < -0.4 is 42.5 Å². The van der Waals surface area contributed by atoms with E-state index in [1.807, 2.05) is 19.2 Å². The maximum atomic E-state index is 13.9. The third-order valence-corrected chi connectivity index (χ3v) is 11.4. The summed E-state index contributed by atoms with van der Waals surface area (Å²) in [7, 11) is 1.99. The van der Waals surface area contributed by atoms with Crippen molar-refractivity contribution >= 4 is 35.3 Å². The lowest BCUT2D eigenvalue weighted by atomic mass is 9.93. The number of nitrogens with one attached hydrogen (secondary N) is 7. The first kappa shape index (κ1) is 46.8. The highest BCUT2D eigenvalue weighted by atomic mass is 19.1. The topological polar surface area (TPSA) is 94.5 Å². The van der Waals surface area contributed by atoms with E-state index in [0.29, 0.717) is 0 Å². The van der Waals surface area contributed by atoms with Crippen molar-refractivity contribution in [3.05, 3.63) is 132 Å². The highest BCUT2D eigenvalue weighted by molar-refractivity contribution is 5.81. The SMILES string of the molecule is C=CCN1CCN(CCNC(=C)C2=C(C)NC(/C=c3\c(=C)[nH]c4ccc(F)cc34)C2C)CC1.C=CNC(=C)C(CCC)NCc1c(C=C)cccc1NCCCCNC. The van der Waals surface area contributed by atoms with Gasteiger partial charge in [0.1, 0.15) is 5.82 Å². The summed E-state index contributed by atoms with van der Waals surface area (Å²) in [6, 6.07) is 11.5. The number of hydrogen-bond donors (Lipinski definition) is 7. The van der Waals surface area contributed by atoms with Crippen LogP contribution in [-0.4, -0.2) is 92.8 Å². The third kappa shape index (κ3) is 13.6. The Morgan fingerprint density at radius 2 is 1.76 bits per heavy atom. The van der Waals surface area contributed by atoms with Gasteiger partial charge in [0.15, 0.2) is 0 Å². The van der Waals surface area contributed by atoms with Crippen LogP contribution in [0.15, 0.2) is 104 Å². The van der Waals surface area contributed by atoms with Gasteiger partial charge in [0, 0.05) is 115 Å². The molecule has 10 heteroatoms. The smallest absolute Gasteiger partial charge is 0.123 e. The maximum absolute atomic E-state index is 13.9. The van der Waals surface area contributed by atoms with Crippen molar-refractivity contribution < 1.29 is 4.39 Å². The normalized spacial score (nSPS) is 17.8. The first-order valence-corrected chi connectivity index (χ1v) is 21.4. The number of allylic oxidation sites excluding steroid dienone is 2. The zero-order valence-electron chi connectivity index (χ0n) is 36.4. The quantitative estimate of drug-likeness (QED) is 0.0430. The standard InChI is InChI=1S/C27H36FN5.C22H36N4/c1-6-10-32-12-14-33(15-13-32)11-9-29-20(4)27-18(2)26(31-21(27)5)17-23-19(3)30-25-8-7-22(28)16-24(23)25;1-6-12-21(18(4)24-8-3)26-17-20-19(7-2)13-11-14-22(20)25-16-10-9-15-23-5/h6-8,16-18,26,29-31H,1,3-4,9-15H2,2,5H3;7-8,11,13-14,21,23-26H,2-4,6,9-10,12,15-17H2,1,5H3/b23-17+;. The molecule has 0 radical (unpaired) electrons. The molecule has 0 aliphatic carbocycles. The van der Waals surface area contributed by atoms with Gasteiger partial charge in [-0.2, -0.15) is 0 Å². The molecular formula is C49H72FN9. The van der Waals surface area contributed by atoms with Crippen molar-refractivity contribution in [3.63, 3.8) is 0 Å². The molecule has 2 aliphatic heterocycles. The van der Waals surface area contributed by atoms with Gasteiger partial charge in [0.2, 0.25) is 0 Å². The van der Waals surface area contributed by atoms with E-state index in [0.717, 1.165) is 129 Å². The second-order valence-corrected chi connectivity index (χ2v) is 15.6. The Labute approximate surface area is 354 Å². The molecule has 59 heavy (non-hydrogen) atoms. The monoisotopic (exact) mass is 806 g/mol. The van der Waals surface area contributed by atoms with Gasteiger partial charge < -0.3 is 36.9 Å². The summed E-state index contributed by atoms with van der Waals surface area (Å²) in [5.74, 6) is 0.00336. The Balaban J connectivity index is 0.000000269. The van der Waals surface area contributed by atoms with Crippen LogP contribution in [0, 0.1) is 11.7 Å². The van der Waals surface area contributed by atoms with E-state index >= 15 is 0 Å². The predicted octanol–water partition coefficient (Wildman–Crippen LogP) is 6.53. The third-order valence-electron chi connectivity index (χ3n) is 11.4. The van der Waals surface area contributed by atoms with Gasteiger partial charge in [-0.25, -0.2) is 4.39 Å². The molecule has 7 N–H and O–H groups in total. The molecule has 2 aliphatic rings. The molecule has 1 aromatic heterocycles. The Bertz CT molecular complexity index is 2000. The fourth-order valence-corrected chi connectivity index (χ4v) is 8.06. The summed E-state index contributed by atoms with van der Waals surface area (Å²) in [5.41, 5.74) is 8.79. The molecule has 0 spiro atoms. The van der Waals surface area contributed by atoms with Crippen LogP contribution in [0.1, 0.15) is 57.6 Å². The molecule has 3 unspecified atom stereocenters. The summed E-state index contributed by atoms with van der Waals surface area (Å²) in [6.07, 6.45) is 12.2. The van der Waals surface area contributed by atoms with Gasteiger partial charge in [-0.1, -0.05) is 83.5 Å². The van der Waals surface area contributed by atoms with E-state index in [1.165, 1.54) is 29.3 Å². The second kappa shape index (κ2) is 24.3. The van der Waals surface area contributed by atoms with Crippen molar-refractivity contribution in [2.45, 2.75) is 65.1 Å². The number of aromatic amines is 1. The van der Waals surface area contributed by atoms with Crippen molar-refractivity contribution in [3.8, 4) is 0 Å². The fraction of sp³-hybridized carbons (Fsp3) is 0.429. The van der Waals surface area contributed by atoms with Gasteiger partial charge in [0.05, 0.1) is 6.04 Å². The molecule has 3 heterocycles. The Hall–Kier alpha value is -4.87. The molecule has 5 rings (SSSR count). The maximum Gasteiger partial charge on any atom is 0.123 e. The van der Waals surface area contributed by atoms with Crippen molar-refractivity contribution in [2.24, 2.45) is 5.92 Å². The minimum Gasteiger partial charge on any atom is -0.385 e. The number of H-pyrrole nitrogens is 1.